The number of rotatable bonds is 17. The summed E-state index contributed by atoms with van der Waals surface area (Å²) in [6.45, 7) is 4.35. The van der Waals surface area contributed by atoms with Gasteiger partial charge in [0.05, 0.1) is 12.7 Å². The van der Waals surface area contributed by atoms with Crippen LogP contribution in [0.1, 0.15) is 113 Å². The lowest BCUT2D eigenvalue weighted by atomic mass is 10.0. The third-order valence-electron chi connectivity index (χ3n) is 13.9. The Morgan fingerprint density at radius 1 is 0.753 bits per heavy atom. The van der Waals surface area contributed by atoms with Crippen LogP contribution in [-0.2, 0) is 35.2 Å². The number of phenolic OH excluding ortho intramolecular Hbond substituents is 1. The van der Waals surface area contributed by atoms with Gasteiger partial charge in [0.25, 0.3) is 5.91 Å². The number of nitrogens with one attached hydrogen (secondary N) is 5. The first kappa shape index (κ1) is 56.0. The number of phenols is 1. The molecule has 0 radical (unpaired) electrons. The van der Waals surface area contributed by atoms with Crippen LogP contribution in [0.4, 0.5) is 0 Å². The van der Waals surface area contributed by atoms with E-state index in [2.05, 4.69) is 33.5 Å². The summed E-state index contributed by atoms with van der Waals surface area (Å²) < 4.78 is 5.99. The summed E-state index contributed by atoms with van der Waals surface area (Å²) in [5.41, 5.74) is 19.6. The molecule has 398 valence electrons. The fourth-order valence-corrected chi connectivity index (χ4v) is 9.77. The van der Waals surface area contributed by atoms with Crippen LogP contribution in [0.2, 0.25) is 0 Å². The number of unbranched alkanes of at least 4 members (excludes halogenated alkanes) is 5. The lowest BCUT2D eigenvalue weighted by Gasteiger charge is -2.32. The number of aliphatic hydroxyl groups is 1. The number of benzene rings is 3. The highest BCUT2D eigenvalue weighted by atomic mass is 16.5. The van der Waals surface area contributed by atoms with E-state index in [0.717, 1.165) is 35.6 Å². The predicted molar refractivity (Wildman–Crippen MR) is 275 cm³/mol. The monoisotopic (exact) mass is 1010 g/mol. The molecule has 3 saturated heterocycles. The van der Waals surface area contributed by atoms with Crippen molar-refractivity contribution in [1.29, 1.82) is 0 Å². The molecule has 73 heavy (non-hydrogen) atoms. The third kappa shape index (κ3) is 15.6. The van der Waals surface area contributed by atoms with Crippen LogP contribution in [-0.4, -0.2) is 149 Å². The van der Waals surface area contributed by atoms with E-state index in [1.807, 2.05) is 18.2 Å². The minimum Gasteiger partial charge on any atom is -0.508 e. The van der Waals surface area contributed by atoms with Crippen molar-refractivity contribution in [3.05, 3.63) is 71.8 Å². The number of ether oxygens (including phenoxy) is 1. The molecule has 9 atom stereocenters. The number of fused-ring (bicyclic) bond motifs is 3. The normalized spacial score (nSPS) is 25.2. The quantitative estimate of drug-likeness (QED) is 0.0856. The van der Waals surface area contributed by atoms with Gasteiger partial charge < -0.3 is 68.5 Å². The summed E-state index contributed by atoms with van der Waals surface area (Å²) in [7, 11) is 0. The van der Waals surface area contributed by atoms with Crippen LogP contribution in [0, 0.1) is 0 Å². The zero-order chi connectivity index (χ0) is 52.6. The molecular formula is C53H76N10O10. The van der Waals surface area contributed by atoms with Crippen LogP contribution in [0.25, 0.3) is 10.8 Å². The van der Waals surface area contributed by atoms with Gasteiger partial charge in [0, 0.05) is 37.3 Å². The number of nitrogens with zero attached hydrogens (tertiary/aromatic N) is 2. The van der Waals surface area contributed by atoms with Crippen LogP contribution >= 0.6 is 0 Å². The Morgan fingerprint density at radius 2 is 1.41 bits per heavy atom. The highest BCUT2D eigenvalue weighted by Gasteiger charge is 2.45. The van der Waals surface area contributed by atoms with Crippen molar-refractivity contribution >= 4 is 52.1 Å². The van der Waals surface area contributed by atoms with Crippen LogP contribution in [0.5, 0.6) is 11.5 Å². The maximum atomic E-state index is 14.5. The largest absolute Gasteiger partial charge is 0.508 e. The fraction of sp³-hybridized carbons (Fsp3) is 0.566. The highest BCUT2D eigenvalue weighted by Crippen LogP contribution is 2.25. The van der Waals surface area contributed by atoms with E-state index in [1.165, 1.54) is 41.7 Å². The van der Waals surface area contributed by atoms with Crippen molar-refractivity contribution in [2.24, 2.45) is 17.2 Å². The summed E-state index contributed by atoms with van der Waals surface area (Å²) in [6, 6.07) is 8.32. The van der Waals surface area contributed by atoms with Crippen molar-refractivity contribution in [3.8, 4) is 11.5 Å². The minimum absolute atomic E-state index is 0.0138. The van der Waals surface area contributed by atoms with Gasteiger partial charge in [-0.25, -0.2) is 0 Å². The van der Waals surface area contributed by atoms with Gasteiger partial charge in [0.15, 0.2) is 0 Å². The second kappa shape index (κ2) is 27.1. The van der Waals surface area contributed by atoms with Crippen molar-refractivity contribution in [1.82, 2.24) is 36.4 Å². The SMILES string of the molecule is CCCCCCCOc1ccc2cc(C(=O)N[C@H]3CCCNC(=O)[C@@H]4C[C@H](N)CN4C(=O)[C@H](CCCCN)NC(=O)[C@H](CCc4ccc(O)cc4)NC(=O)[C@@H]4C[C@H](N)CN4C(=O)[C@H]([C@@H](C)O)NC3=O)ccc2c1. The molecule has 13 N–H and O–H groups in total. The molecule has 0 unspecified atom stereocenters. The van der Waals surface area contributed by atoms with Gasteiger partial charge in [-0.05, 0) is 130 Å². The van der Waals surface area contributed by atoms with Gasteiger partial charge in [0.2, 0.25) is 35.4 Å². The first-order chi connectivity index (χ1) is 35.1. The lowest BCUT2D eigenvalue weighted by Crippen LogP contribution is -2.61. The molecule has 3 aliphatic heterocycles. The molecule has 20 nitrogen and oxygen atoms in total. The van der Waals surface area contributed by atoms with E-state index < -0.39 is 95.8 Å². The summed E-state index contributed by atoms with van der Waals surface area (Å²) in [6.07, 6.45) is 5.79. The van der Waals surface area contributed by atoms with E-state index in [1.54, 1.807) is 30.3 Å². The Morgan fingerprint density at radius 3 is 2.11 bits per heavy atom. The summed E-state index contributed by atoms with van der Waals surface area (Å²) >= 11 is 0. The zero-order valence-electron chi connectivity index (χ0n) is 42.2. The number of aryl methyl sites for hydroxylation is 1. The molecule has 0 bridgehead atoms. The number of aromatic hydroxyl groups is 1. The van der Waals surface area contributed by atoms with Crippen molar-refractivity contribution < 1.29 is 48.5 Å². The molecule has 0 spiro atoms. The molecule has 20 heteroatoms. The van der Waals surface area contributed by atoms with Crippen molar-refractivity contribution in [2.75, 3.05) is 32.8 Å². The standard InChI is InChI=1S/C53H76N10O10/c1-3-4-5-6-9-25-73-40-21-18-34-26-36(17-16-35(34)27-40)47(66)58-41-12-10-24-57-50(69)44-28-37(55)30-62(44)52(71)43(11-7-8-23-54)60-48(67)42(22-15-33-13-19-39(65)20-14-33)59-51(70)45-29-38(56)31-63(45)53(72)46(32(2)64)61-49(41)68/h13-14,16-21,26-27,32,37-38,41-46,64-65H,3-12,15,22-25,28-31,54-56H2,1-2H3,(H,57,69)(H,58,66)(H,59,70)(H,60,67)(H,61,68)/t32-,37+,38+,41+,42+,43+,44+,45+,46+/m1/s1. The van der Waals surface area contributed by atoms with E-state index in [0.29, 0.717) is 31.7 Å². The summed E-state index contributed by atoms with van der Waals surface area (Å²) in [5.74, 6) is -3.93. The third-order valence-corrected chi connectivity index (χ3v) is 13.9. The molecule has 3 heterocycles. The van der Waals surface area contributed by atoms with E-state index in [-0.39, 0.29) is 75.9 Å². The average molecular weight is 1010 g/mol. The Labute approximate surface area is 427 Å². The number of nitrogens with two attached hydrogens (primary N) is 3. The Bertz CT molecular complexity index is 2390. The predicted octanol–water partition coefficient (Wildman–Crippen LogP) is 1.36. The number of hydrogen-bond acceptors (Lipinski definition) is 13. The Kier molecular flexibility index (Phi) is 20.8. The minimum atomic E-state index is -1.60. The van der Waals surface area contributed by atoms with Gasteiger partial charge in [-0.15, -0.1) is 0 Å². The second-order valence-electron chi connectivity index (χ2n) is 19.8. The van der Waals surface area contributed by atoms with Crippen molar-refractivity contribution in [3.63, 3.8) is 0 Å². The molecule has 3 aromatic carbocycles. The first-order valence-electron chi connectivity index (χ1n) is 26.0. The second-order valence-corrected chi connectivity index (χ2v) is 19.8. The Hall–Kier alpha value is -6.35. The van der Waals surface area contributed by atoms with E-state index >= 15 is 0 Å². The van der Waals surface area contributed by atoms with Crippen LogP contribution in [0.15, 0.2) is 60.7 Å². The van der Waals surface area contributed by atoms with Gasteiger partial charge >= 0.3 is 0 Å². The maximum absolute atomic E-state index is 14.5. The summed E-state index contributed by atoms with van der Waals surface area (Å²) in [4.78, 5) is 103. The topological polar surface area (TPSA) is 314 Å². The molecule has 0 saturated carbocycles. The lowest BCUT2D eigenvalue weighted by molar-refractivity contribution is -0.144. The molecule has 6 rings (SSSR count). The summed E-state index contributed by atoms with van der Waals surface area (Å²) in [5, 5.41) is 36.5. The van der Waals surface area contributed by atoms with Gasteiger partial charge in [-0.1, -0.05) is 56.9 Å². The van der Waals surface area contributed by atoms with Crippen LogP contribution < -0.4 is 48.5 Å². The number of amides is 7. The molecule has 3 aromatic rings. The fourth-order valence-electron chi connectivity index (χ4n) is 9.77. The molecule has 3 fully saturated rings. The van der Waals surface area contributed by atoms with Gasteiger partial charge in [0.1, 0.15) is 47.8 Å². The number of carbonyl (C=O) groups excluding carboxylic acids is 7. The molecule has 3 aliphatic rings. The zero-order valence-corrected chi connectivity index (χ0v) is 42.2. The smallest absolute Gasteiger partial charge is 0.251 e. The Balaban J connectivity index is 1.28. The number of hydrogen-bond donors (Lipinski definition) is 10. The van der Waals surface area contributed by atoms with Crippen molar-refractivity contribution in [2.45, 2.75) is 158 Å². The number of aliphatic hydroxyl groups excluding tert-OH is 1. The highest BCUT2D eigenvalue weighted by molar-refractivity contribution is 6.02. The van der Waals surface area contributed by atoms with Gasteiger partial charge in [-0.3, -0.25) is 33.6 Å². The molecule has 0 aromatic heterocycles. The number of carbonyl (C=O) groups is 7. The average Bonchev–Trinajstić information content (AvgIpc) is 3.97. The molecule has 7 amide bonds. The van der Waals surface area contributed by atoms with E-state index in [9.17, 15) is 43.8 Å². The van der Waals surface area contributed by atoms with Crippen LogP contribution in [0.3, 0.4) is 0 Å². The van der Waals surface area contributed by atoms with E-state index in [4.69, 9.17) is 21.9 Å². The maximum Gasteiger partial charge on any atom is 0.251 e. The molecular weight excluding hydrogens is 937 g/mol. The molecule has 0 aliphatic carbocycles. The van der Waals surface area contributed by atoms with Gasteiger partial charge in [-0.2, -0.15) is 0 Å². The first-order valence-corrected chi connectivity index (χ1v) is 26.0.